The molecule has 2 aromatic rings. The average Bonchev–Trinajstić information content (AvgIpc) is 2.89. The fraction of sp³-hybridized carbons (Fsp3) is 0.357. The highest BCUT2D eigenvalue weighted by Crippen LogP contribution is 2.17. The van der Waals surface area contributed by atoms with Gasteiger partial charge in [0.05, 0.1) is 12.6 Å². The lowest BCUT2D eigenvalue weighted by Gasteiger charge is -2.16. The van der Waals surface area contributed by atoms with Crippen LogP contribution in [0.4, 0.5) is 11.4 Å². The molecule has 0 saturated heterocycles. The second-order valence-corrected chi connectivity index (χ2v) is 4.71. The van der Waals surface area contributed by atoms with Gasteiger partial charge in [-0.1, -0.05) is 6.07 Å². The van der Waals surface area contributed by atoms with Gasteiger partial charge in [-0.25, -0.2) is 0 Å². The Morgan fingerprint density at radius 1 is 1.37 bits per heavy atom. The predicted octanol–water partition coefficient (Wildman–Crippen LogP) is 1.42. The van der Waals surface area contributed by atoms with Gasteiger partial charge in [0.2, 0.25) is 0 Å². The van der Waals surface area contributed by atoms with E-state index in [0.29, 0.717) is 13.1 Å². The highest BCUT2D eigenvalue weighted by Gasteiger charge is 2.05. The molecule has 0 saturated carbocycles. The Hall–Kier alpha value is -2.01. The van der Waals surface area contributed by atoms with E-state index in [0.717, 1.165) is 11.4 Å². The summed E-state index contributed by atoms with van der Waals surface area (Å²) in [5, 5.41) is 17.2. The van der Waals surface area contributed by atoms with E-state index in [4.69, 9.17) is 0 Å². The van der Waals surface area contributed by atoms with Gasteiger partial charge < -0.3 is 15.3 Å². The van der Waals surface area contributed by atoms with Crippen LogP contribution in [0.5, 0.6) is 0 Å². The highest BCUT2D eigenvalue weighted by molar-refractivity contribution is 5.57. The van der Waals surface area contributed by atoms with Gasteiger partial charge in [0.1, 0.15) is 0 Å². The van der Waals surface area contributed by atoms with Crippen LogP contribution in [0.3, 0.4) is 0 Å². The minimum atomic E-state index is -0.470. The Bertz CT molecular complexity index is 496. The van der Waals surface area contributed by atoms with Crippen LogP contribution < -0.4 is 10.2 Å². The van der Waals surface area contributed by atoms with Crippen molar-refractivity contribution in [2.45, 2.75) is 12.6 Å². The quantitative estimate of drug-likeness (QED) is 0.825. The standard InChI is InChI=1S/C14H20N4O/c1-17(2)13-6-3-5-12(9-13)15-10-14(19)11-18-8-4-7-16-18/h3-9,14-15,19H,10-11H2,1-2H3. The van der Waals surface area contributed by atoms with Crippen molar-refractivity contribution in [2.24, 2.45) is 0 Å². The van der Waals surface area contributed by atoms with E-state index in [1.807, 2.05) is 49.5 Å². The number of aliphatic hydroxyl groups excluding tert-OH is 1. The Balaban J connectivity index is 1.86. The van der Waals surface area contributed by atoms with Crippen molar-refractivity contribution < 1.29 is 5.11 Å². The molecule has 5 nitrogen and oxygen atoms in total. The summed E-state index contributed by atoms with van der Waals surface area (Å²) >= 11 is 0. The third kappa shape index (κ3) is 3.99. The molecule has 2 rings (SSSR count). The smallest absolute Gasteiger partial charge is 0.0907 e. The van der Waals surface area contributed by atoms with Crippen molar-refractivity contribution >= 4 is 11.4 Å². The van der Waals surface area contributed by atoms with Gasteiger partial charge in [0, 0.05) is 44.4 Å². The second kappa shape index (κ2) is 6.24. The van der Waals surface area contributed by atoms with Crippen molar-refractivity contribution in [1.29, 1.82) is 0 Å². The zero-order valence-electron chi connectivity index (χ0n) is 11.3. The second-order valence-electron chi connectivity index (χ2n) is 4.71. The summed E-state index contributed by atoms with van der Waals surface area (Å²) in [6, 6.07) is 9.94. The fourth-order valence-electron chi connectivity index (χ4n) is 1.82. The van der Waals surface area contributed by atoms with Gasteiger partial charge in [-0.3, -0.25) is 4.68 Å². The lowest BCUT2D eigenvalue weighted by Crippen LogP contribution is -2.25. The Labute approximate surface area is 113 Å². The first-order valence-electron chi connectivity index (χ1n) is 6.32. The number of aliphatic hydroxyl groups is 1. The number of nitrogens with one attached hydrogen (secondary N) is 1. The molecule has 102 valence electrons. The van der Waals surface area contributed by atoms with E-state index < -0.39 is 6.10 Å². The van der Waals surface area contributed by atoms with Crippen molar-refractivity contribution in [3.8, 4) is 0 Å². The molecule has 0 radical (unpaired) electrons. The number of hydrogen-bond acceptors (Lipinski definition) is 4. The van der Waals surface area contributed by atoms with Gasteiger partial charge in [-0.05, 0) is 24.3 Å². The number of aromatic nitrogens is 2. The Morgan fingerprint density at radius 3 is 2.89 bits per heavy atom. The molecular weight excluding hydrogens is 240 g/mol. The van der Waals surface area contributed by atoms with E-state index in [2.05, 4.69) is 16.5 Å². The summed E-state index contributed by atoms with van der Waals surface area (Å²) < 4.78 is 1.72. The summed E-state index contributed by atoms with van der Waals surface area (Å²) in [4.78, 5) is 2.05. The number of anilines is 2. The monoisotopic (exact) mass is 260 g/mol. The van der Waals surface area contributed by atoms with Crippen LogP contribution in [0.15, 0.2) is 42.7 Å². The topological polar surface area (TPSA) is 53.3 Å². The lowest BCUT2D eigenvalue weighted by molar-refractivity contribution is 0.161. The third-order valence-electron chi connectivity index (χ3n) is 2.86. The third-order valence-corrected chi connectivity index (χ3v) is 2.86. The maximum Gasteiger partial charge on any atom is 0.0907 e. The SMILES string of the molecule is CN(C)c1cccc(NCC(O)Cn2cccn2)c1. The average molecular weight is 260 g/mol. The van der Waals surface area contributed by atoms with Crippen molar-refractivity contribution in [3.05, 3.63) is 42.7 Å². The minimum Gasteiger partial charge on any atom is -0.389 e. The van der Waals surface area contributed by atoms with Crippen molar-refractivity contribution in [2.75, 3.05) is 30.9 Å². The molecule has 19 heavy (non-hydrogen) atoms. The Morgan fingerprint density at radius 2 is 2.21 bits per heavy atom. The molecule has 0 amide bonds. The molecule has 0 bridgehead atoms. The summed E-state index contributed by atoms with van der Waals surface area (Å²) in [6.45, 7) is 0.990. The molecule has 1 atom stereocenters. The number of benzene rings is 1. The molecule has 1 aromatic carbocycles. The number of rotatable bonds is 6. The first kappa shape index (κ1) is 13.4. The van der Waals surface area contributed by atoms with Crippen LogP contribution in [0.2, 0.25) is 0 Å². The number of hydrogen-bond donors (Lipinski definition) is 2. The summed E-state index contributed by atoms with van der Waals surface area (Å²) in [7, 11) is 4.01. The first-order valence-corrected chi connectivity index (χ1v) is 6.32. The van der Waals surface area contributed by atoms with E-state index in [-0.39, 0.29) is 0 Å². The molecule has 5 heteroatoms. The van der Waals surface area contributed by atoms with Gasteiger partial charge in [-0.2, -0.15) is 5.10 Å². The molecule has 1 unspecified atom stereocenters. The summed E-state index contributed by atoms with van der Waals surface area (Å²) in [5.41, 5.74) is 2.14. The van der Waals surface area contributed by atoms with Crippen LogP contribution in [-0.2, 0) is 6.54 Å². The summed E-state index contributed by atoms with van der Waals surface area (Å²) in [6.07, 6.45) is 3.08. The van der Waals surface area contributed by atoms with Crippen LogP contribution in [0.25, 0.3) is 0 Å². The molecule has 0 fully saturated rings. The van der Waals surface area contributed by atoms with Gasteiger partial charge in [-0.15, -0.1) is 0 Å². The van der Waals surface area contributed by atoms with Crippen LogP contribution in [-0.4, -0.2) is 41.6 Å². The van der Waals surface area contributed by atoms with Crippen LogP contribution in [0.1, 0.15) is 0 Å². The predicted molar refractivity (Wildman–Crippen MR) is 77.5 cm³/mol. The van der Waals surface area contributed by atoms with Gasteiger partial charge in [0.25, 0.3) is 0 Å². The summed E-state index contributed by atoms with van der Waals surface area (Å²) in [5.74, 6) is 0. The van der Waals surface area contributed by atoms with Crippen LogP contribution in [0, 0.1) is 0 Å². The molecular formula is C14H20N4O. The largest absolute Gasteiger partial charge is 0.389 e. The normalized spacial score (nSPS) is 12.2. The fourth-order valence-corrected chi connectivity index (χ4v) is 1.82. The van der Waals surface area contributed by atoms with E-state index >= 15 is 0 Å². The molecule has 0 aliphatic rings. The zero-order valence-corrected chi connectivity index (χ0v) is 11.3. The highest BCUT2D eigenvalue weighted by atomic mass is 16.3. The van der Waals surface area contributed by atoms with Gasteiger partial charge >= 0.3 is 0 Å². The van der Waals surface area contributed by atoms with Crippen LogP contribution >= 0.6 is 0 Å². The van der Waals surface area contributed by atoms with E-state index in [9.17, 15) is 5.11 Å². The van der Waals surface area contributed by atoms with Crippen molar-refractivity contribution in [1.82, 2.24) is 9.78 Å². The molecule has 0 aliphatic carbocycles. The maximum atomic E-state index is 9.93. The Kier molecular flexibility index (Phi) is 4.41. The molecule has 1 heterocycles. The number of nitrogens with zero attached hydrogens (tertiary/aromatic N) is 3. The minimum absolute atomic E-state index is 0.470. The molecule has 0 aliphatic heterocycles. The van der Waals surface area contributed by atoms with Crippen molar-refractivity contribution in [3.63, 3.8) is 0 Å². The van der Waals surface area contributed by atoms with E-state index in [1.54, 1.807) is 10.9 Å². The maximum absolute atomic E-state index is 9.93. The molecule has 1 aromatic heterocycles. The van der Waals surface area contributed by atoms with E-state index in [1.165, 1.54) is 0 Å². The zero-order chi connectivity index (χ0) is 13.7. The molecule has 0 spiro atoms. The lowest BCUT2D eigenvalue weighted by atomic mass is 10.2. The first-order chi connectivity index (χ1) is 9.15. The molecule has 2 N–H and O–H groups in total. The van der Waals surface area contributed by atoms with Gasteiger partial charge in [0.15, 0.2) is 0 Å².